The molecule has 26 heavy (non-hydrogen) atoms. The number of pyridine rings is 1. The number of ether oxygens (including phenoxy) is 2. The number of rotatable bonds is 7. The first-order valence-electron chi connectivity index (χ1n) is 7.70. The van der Waals surface area contributed by atoms with E-state index in [2.05, 4.69) is 26.2 Å². The number of hydrogen-bond acceptors (Lipinski definition) is 6. The van der Waals surface area contributed by atoms with Crippen molar-refractivity contribution in [2.45, 2.75) is 18.4 Å². The monoisotopic (exact) mass is 442 g/mol. The highest BCUT2D eigenvalue weighted by Crippen LogP contribution is 2.36. The Bertz CT molecular complexity index is 915. The van der Waals surface area contributed by atoms with Crippen LogP contribution in [0.25, 0.3) is 0 Å². The molecule has 2 rings (SSSR count). The molecule has 0 radical (unpaired) electrons. The van der Waals surface area contributed by atoms with Crippen LogP contribution in [0.2, 0.25) is 0 Å². The molecule has 0 aliphatic rings. The molecule has 0 unspecified atom stereocenters. The molecule has 0 bridgehead atoms. The van der Waals surface area contributed by atoms with E-state index in [4.69, 9.17) is 9.47 Å². The number of aromatic nitrogens is 1. The Morgan fingerprint density at radius 1 is 1.35 bits per heavy atom. The molecule has 1 amide bonds. The lowest BCUT2D eigenvalue weighted by molar-refractivity contribution is 0.0949. The van der Waals surface area contributed by atoms with E-state index in [1.165, 1.54) is 25.4 Å². The molecule has 0 saturated heterocycles. The van der Waals surface area contributed by atoms with Crippen molar-refractivity contribution in [2.24, 2.45) is 0 Å². The smallest absolute Gasteiger partial charge is 0.251 e. The summed E-state index contributed by atoms with van der Waals surface area (Å²) in [5.41, 5.74) is 0.620. The van der Waals surface area contributed by atoms with Crippen molar-refractivity contribution in [1.29, 1.82) is 0 Å². The van der Waals surface area contributed by atoms with Gasteiger partial charge in [0.05, 0.1) is 35.3 Å². The van der Waals surface area contributed by atoms with Crippen LogP contribution in [-0.2, 0) is 16.4 Å². The van der Waals surface area contributed by atoms with Crippen molar-refractivity contribution in [3.63, 3.8) is 0 Å². The molecule has 1 aromatic carbocycles. The van der Waals surface area contributed by atoms with E-state index in [1.807, 2.05) is 6.92 Å². The molecule has 7 nitrogen and oxygen atoms in total. The Kier molecular flexibility index (Phi) is 6.60. The third kappa shape index (κ3) is 4.73. The number of sulfone groups is 1. The summed E-state index contributed by atoms with van der Waals surface area (Å²) in [5.74, 6) is 0.536. The van der Waals surface area contributed by atoms with Crippen molar-refractivity contribution < 1.29 is 22.7 Å². The molecule has 9 heteroatoms. The lowest BCUT2D eigenvalue weighted by atomic mass is 10.2. The second-order valence-corrected chi connectivity index (χ2v) is 8.16. The highest BCUT2D eigenvalue weighted by atomic mass is 79.9. The molecule has 1 heterocycles. The van der Waals surface area contributed by atoms with Crippen LogP contribution in [-0.4, -0.2) is 39.3 Å². The van der Waals surface area contributed by atoms with Crippen LogP contribution in [0, 0.1) is 0 Å². The zero-order chi connectivity index (χ0) is 19.3. The number of carbonyl (C=O) groups is 1. The van der Waals surface area contributed by atoms with Crippen molar-refractivity contribution in [1.82, 2.24) is 10.3 Å². The standard InChI is InChI=1S/C17H19BrN2O5S/c1-4-25-16-12(18)8-11(9-14(16)24-2)17(21)20-10-13-15(26(3,22)23)6-5-7-19-13/h5-9H,4,10H2,1-3H3,(H,20,21). The van der Waals surface area contributed by atoms with Gasteiger partial charge in [-0.15, -0.1) is 0 Å². The Hall–Kier alpha value is -2.13. The normalized spacial score (nSPS) is 11.1. The first kappa shape index (κ1) is 20.2. The lowest BCUT2D eigenvalue weighted by Crippen LogP contribution is -2.24. The minimum absolute atomic E-state index is 0.0186. The molecule has 0 saturated carbocycles. The predicted molar refractivity (Wildman–Crippen MR) is 100 cm³/mol. The van der Waals surface area contributed by atoms with Gasteiger partial charge in [-0.1, -0.05) is 0 Å². The van der Waals surface area contributed by atoms with Gasteiger partial charge >= 0.3 is 0 Å². The Morgan fingerprint density at radius 2 is 2.08 bits per heavy atom. The molecule has 0 aliphatic heterocycles. The zero-order valence-electron chi connectivity index (χ0n) is 14.6. The Labute approximate surface area is 160 Å². The summed E-state index contributed by atoms with van der Waals surface area (Å²) in [5, 5.41) is 2.67. The number of amides is 1. The summed E-state index contributed by atoms with van der Waals surface area (Å²) in [6.07, 6.45) is 2.58. The molecule has 0 spiro atoms. The third-order valence-corrected chi connectivity index (χ3v) is 5.20. The molecule has 1 aromatic heterocycles. The highest BCUT2D eigenvalue weighted by molar-refractivity contribution is 9.10. The summed E-state index contributed by atoms with van der Waals surface area (Å²) in [6, 6.07) is 6.16. The molecule has 2 aromatic rings. The van der Waals surface area contributed by atoms with E-state index in [0.717, 1.165) is 6.26 Å². The van der Waals surface area contributed by atoms with Crippen LogP contribution in [0.15, 0.2) is 39.8 Å². The molecular weight excluding hydrogens is 424 g/mol. The van der Waals surface area contributed by atoms with E-state index in [0.29, 0.717) is 28.1 Å². The summed E-state index contributed by atoms with van der Waals surface area (Å²) in [4.78, 5) is 16.6. The van der Waals surface area contributed by atoms with Gasteiger partial charge < -0.3 is 14.8 Å². The second-order valence-electron chi connectivity index (χ2n) is 5.33. The minimum Gasteiger partial charge on any atom is -0.493 e. The van der Waals surface area contributed by atoms with Crippen LogP contribution in [0.5, 0.6) is 11.5 Å². The summed E-state index contributed by atoms with van der Waals surface area (Å²) < 4.78 is 35.0. The third-order valence-electron chi connectivity index (χ3n) is 3.44. The molecular formula is C17H19BrN2O5S. The fourth-order valence-corrected chi connectivity index (χ4v) is 3.73. The van der Waals surface area contributed by atoms with E-state index in [-0.39, 0.29) is 17.1 Å². The maximum Gasteiger partial charge on any atom is 0.251 e. The van der Waals surface area contributed by atoms with Gasteiger partial charge in [-0.05, 0) is 47.1 Å². The van der Waals surface area contributed by atoms with Gasteiger partial charge in [0.1, 0.15) is 0 Å². The number of nitrogens with one attached hydrogen (secondary N) is 1. The average molecular weight is 443 g/mol. The van der Waals surface area contributed by atoms with Crippen LogP contribution in [0.1, 0.15) is 23.0 Å². The van der Waals surface area contributed by atoms with Crippen molar-refractivity contribution in [3.05, 3.63) is 46.2 Å². The van der Waals surface area contributed by atoms with Gasteiger partial charge in [-0.2, -0.15) is 0 Å². The Morgan fingerprint density at radius 3 is 2.69 bits per heavy atom. The number of methoxy groups -OCH3 is 1. The largest absolute Gasteiger partial charge is 0.493 e. The Balaban J connectivity index is 2.23. The van der Waals surface area contributed by atoms with Gasteiger partial charge in [0, 0.05) is 18.0 Å². The predicted octanol–water partition coefficient (Wildman–Crippen LogP) is 2.58. The molecule has 0 atom stereocenters. The van der Waals surface area contributed by atoms with Gasteiger partial charge in [0.2, 0.25) is 0 Å². The molecule has 1 N–H and O–H groups in total. The molecule has 0 aliphatic carbocycles. The van der Waals surface area contributed by atoms with Crippen molar-refractivity contribution >= 4 is 31.7 Å². The summed E-state index contributed by atoms with van der Waals surface area (Å²) in [7, 11) is -1.95. The zero-order valence-corrected chi connectivity index (χ0v) is 17.0. The maximum atomic E-state index is 12.5. The number of nitrogens with zero attached hydrogens (tertiary/aromatic N) is 1. The number of carbonyl (C=O) groups excluding carboxylic acids is 1. The second kappa shape index (κ2) is 8.50. The van der Waals surface area contributed by atoms with E-state index < -0.39 is 15.7 Å². The molecule has 0 fully saturated rings. The number of benzene rings is 1. The first-order valence-corrected chi connectivity index (χ1v) is 10.4. The van der Waals surface area contributed by atoms with E-state index in [9.17, 15) is 13.2 Å². The van der Waals surface area contributed by atoms with Gasteiger partial charge in [0.15, 0.2) is 21.3 Å². The van der Waals surface area contributed by atoms with Gasteiger partial charge in [-0.25, -0.2) is 8.42 Å². The quantitative estimate of drug-likeness (QED) is 0.707. The van der Waals surface area contributed by atoms with E-state index >= 15 is 0 Å². The lowest BCUT2D eigenvalue weighted by Gasteiger charge is -2.13. The minimum atomic E-state index is -3.43. The summed E-state index contributed by atoms with van der Waals surface area (Å²) in [6.45, 7) is 2.28. The fourth-order valence-electron chi connectivity index (χ4n) is 2.30. The SMILES string of the molecule is CCOc1c(Br)cc(C(=O)NCc2ncccc2S(C)(=O)=O)cc1OC. The van der Waals surface area contributed by atoms with Crippen LogP contribution in [0.4, 0.5) is 0 Å². The van der Waals surface area contributed by atoms with Gasteiger partial charge in [-0.3, -0.25) is 9.78 Å². The number of hydrogen-bond donors (Lipinski definition) is 1. The summed E-state index contributed by atoms with van der Waals surface area (Å²) >= 11 is 3.37. The number of halogens is 1. The van der Waals surface area contributed by atoms with Gasteiger partial charge in [0.25, 0.3) is 5.91 Å². The van der Waals surface area contributed by atoms with Crippen LogP contribution < -0.4 is 14.8 Å². The topological polar surface area (TPSA) is 94.6 Å². The highest BCUT2D eigenvalue weighted by Gasteiger charge is 2.17. The van der Waals surface area contributed by atoms with Crippen LogP contribution >= 0.6 is 15.9 Å². The van der Waals surface area contributed by atoms with Crippen LogP contribution in [0.3, 0.4) is 0 Å². The van der Waals surface area contributed by atoms with Crippen molar-refractivity contribution in [3.8, 4) is 11.5 Å². The maximum absolute atomic E-state index is 12.5. The fraction of sp³-hybridized carbons (Fsp3) is 0.294. The first-order chi connectivity index (χ1) is 12.3. The van der Waals surface area contributed by atoms with Crippen molar-refractivity contribution in [2.75, 3.05) is 20.0 Å². The molecule has 140 valence electrons. The van der Waals surface area contributed by atoms with E-state index in [1.54, 1.807) is 12.1 Å². The average Bonchev–Trinajstić information content (AvgIpc) is 2.60.